The Kier molecular flexibility index (Phi) is 6.68. The maximum absolute atomic E-state index is 13.3. The smallest absolute Gasteiger partial charge is 0.294 e. The van der Waals surface area contributed by atoms with E-state index in [4.69, 9.17) is 0 Å². The van der Waals surface area contributed by atoms with E-state index in [1.165, 1.54) is 23.5 Å². The number of aromatic nitrogens is 1. The number of nitriles is 1. The number of imide groups is 1. The molecule has 1 aliphatic rings. The summed E-state index contributed by atoms with van der Waals surface area (Å²) in [6.45, 7) is 3.42. The van der Waals surface area contributed by atoms with Crippen molar-refractivity contribution in [2.45, 2.75) is 20.4 Å². The highest BCUT2D eigenvalue weighted by Gasteiger charge is 2.36. The Morgan fingerprint density at radius 3 is 2.59 bits per heavy atom. The lowest BCUT2D eigenvalue weighted by atomic mass is 10.2. The van der Waals surface area contributed by atoms with E-state index in [2.05, 4.69) is 11.4 Å². The summed E-state index contributed by atoms with van der Waals surface area (Å²) in [5, 5.41) is 13.7. The van der Waals surface area contributed by atoms with Crippen LogP contribution in [0, 0.1) is 31.0 Å². The van der Waals surface area contributed by atoms with E-state index in [1.54, 1.807) is 29.7 Å². The van der Waals surface area contributed by atoms with E-state index in [1.807, 2.05) is 24.4 Å². The van der Waals surface area contributed by atoms with Gasteiger partial charge in [0.2, 0.25) is 5.91 Å². The highest BCUT2D eigenvalue weighted by atomic mass is 32.2. The zero-order chi connectivity index (χ0) is 24.4. The highest BCUT2D eigenvalue weighted by Crippen LogP contribution is 2.33. The van der Waals surface area contributed by atoms with E-state index >= 15 is 0 Å². The molecule has 10 heteroatoms. The van der Waals surface area contributed by atoms with Crippen molar-refractivity contribution in [3.8, 4) is 6.07 Å². The van der Waals surface area contributed by atoms with E-state index in [9.17, 15) is 24.0 Å². The van der Waals surface area contributed by atoms with Crippen LogP contribution in [0.3, 0.4) is 0 Å². The second-order valence-electron chi connectivity index (χ2n) is 7.59. The molecule has 1 saturated heterocycles. The minimum Gasteiger partial charge on any atom is -0.326 e. The van der Waals surface area contributed by atoms with Crippen LogP contribution in [0.4, 0.5) is 15.0 Å². The van der Waals surface area contributed by atoms with Crippen molar-refractivity contribution >= 4 is 52.0 Å². The standard InChI is InChI=1S/C24H19FN4O3S2/c1-14-15(2)28(12-16-5-7-17(25)8-6-16)22(19(14)11-26)27-21(30)13-29-23(31)20(34-24(29)32)10-18-4-3-9-33-18/h3-10H,12-13H2,1-2H3,(H,27,30)/b20-10-. The summed E-state index contributed by atoms with van der Waals surface area (Å²) in [5.41, 5.74) is 2.54. The van der Waals surface area contributed by atoms with Gasteiger partial charge in [-0.3, -0.25) is 19.3 Å². The third-order valence-electron chi connectivity index (χ3n) is 5.44. The molecule has 1 fully saturated rings. The SMILES string of the molecule is Cc1c(C#N)c(NC(=O)CN2C(=O)S/C(=C\c3cccs3)C2=O)n(Cc2ccc(F)cc2)c1C. The average Bonchev–Trinajstić information content (AvgIpc) is 3.47. The second-order valence-corrected chi connectivity index (χ2v) is 9.56. The summed E-state index contributed by atoms with van der Waals surface area (Å²) in [6, 6.07) is 11.7. The van der Waals surface area contributed by atoms with Crippen LogP contribution in [-0.2, 0) is 16.1 Å². The number of thioether (sulfide) groups is 1. The fraction of sp³-hybridized carbons (Fsp3) is 0.167. The largest absolute Gasteiger partial charge is 0.326 e. The molecule has 0 unspecified atom stereocenters. The van der Waals surface area contributed by atoms with Crippen molar-refractivity contribution in [2.75, 3.05) is 11.9 Å². The maximum Gasteiger partial charge on any atom is 0.294 e. The zero-order valence-corrected chi connectivity index (χ0v) is 19.9. The van der Waals surface area contributed by atoms with Gasteiger partial charge in [-0.1, -0.05) is 18.2 Å². The number of rotatable bonds is 6. The molecule has 7 nitrogen and oxygen atoms in total. The molecular formula is C24H19FN4O3S2. The Hall–Kier alpha value is -3.68. The van der Waals surface area contributed by atoms with Crippen LogP contribution in [0.5, 0.6) is 0 Å². The van der Waals surface area contributed by atoms with Crippen molar-refractivity contribution in [3.05, 3.63) is 79.8 Å². The van der Waals surface area contributed by atoms with Crippen LogP contribution >= 0.6 is 23.1 Å². The Balaban J connectivity index is 1.55. The number of nitrogens with zero attached hydrogens (tertiary/aromatic N) is 3. The van der Waals surface area contributed by atoms with Gasteiger partial charge in [0.1, 0.15) is 24.2 Å². The van der Waals surface area contributed by atoms with E-state index in [0.29, 0.717) is 17.7 Å². The van der Waals surface area contributed by atoms with Gasteiger partial charge in [0.05, 0.1) is 10.5 Å². The first-order chi connectivity index (χ1) is 16.3. The van der Waals surface area contributed by atoms with E-state index in [-0.39, 0.29) is 16.5 Å². The quantitative estimate of drug-likeness (QED) is 0.492. The van der Waals surface area contributed by atoms with Gasteiger partial charge in [-0.05, 0) is 66.4 Å². The molecule has 3 amide bonds. The molecular weight excluding hydrogens is 475 g/mol. The molecule has 1 aromatic carbocycles. The first kappa shape index (κ1) is 23.5. The number of carbonyl (C=O) groups excluding carboxylic acids is 3. The van der Waals surface area contributed by atoms with Crippen LogP contribution in [0.2, 0.25) is 0 Å². The van der Waals surface area contributed by atoms with Crippen LogP contribution in [0.25, 0.3) is 6.08 Å². The Labute approximate surface area is 203 Å². The van der Waals surface area contributed by atoms with Crippen molar-refractivity contribution in [1.29, 1.82) is 5.26 Å². The van der Waals surface area contributed by atoms with Crippen molar-refractivity contribution in [3.63, 3.8) is 0 Å². The molecule has 34 heavy (non-hydrogen) atoms. The van der Waals surface area contributed by atoms with Crippen molar-refractivity contribution < 1.29 is 18.8 Å². The molecule has 0 radical (unpaired) electrons. The van der Waals surface area contributed by atoms with Crippen LogP contribution in [0.15, 0.2) is 46.7 Å². The first-order valence-corrected chi connectivity index (χ1v) is 11.9. The molecule has 3 aromatic rings. The molecule has 2 aromatic heterocycles. The number of hydrogen-bond donors (Lipinski definition) is 1. The lowest BCUT2D eigenvalue weighted by Gasteiger charge is -2.15. The van der Waals surface area contributed by atoms with Gasteiger partial charge < -0.3 is 9.88 Å². The molecule has 4 rings (SSSR count). The molecule has 1 aliphatic heterocycles. The number of thiophene rings is 1. The lowest BCUT2D eigenvalue weighted by molar-refractivity contribution is -0.127. The van der Waals surface area contributed by atoms with Gasteiger partial charge in [-0.15, -0.1) is 11.3 Å². The lowest BCUT2D eigenvalue weighted by Crippen LogP contribution is -2.36. The summed E-state index contributed by atoms with van der Waals surface area (Å²) in [4.78, 5) is 39.9. The van der Waals surface area contributed by atoms with Crippen LogP contribution in [0.1, 0.15) is 27.3 Å². The summed E-state index contributed by atoms with van der Waals surface area (Å²) >= 11 is 2.22. The van der Waals surface area contributed by atoms with Gasteiger partial charge >= 0.3 is 0 Å². The first-order valence-electron chi connectivity index (χ1n) is 10.2. The number of amides is 3. The third-order valence-corrected chi connectivity index (χ3v) is 7.17. The summed E-state index contributed by atoms with van der Waals surface area (Å²) in [6.07, 6.45) is 1.63. The third kappa shape index (κ3) is 4.66. The summed E-state index contributed by atoms with van der Waals surface area (Å²) in [7, 11) is 0. The monoisotopic (exact) mass is 494 g/mol. The summed E-state index contributed by atoms with van der Waals surface area (Å²) in [5.74, 6) is -1.23. The maximum atomic E-state index is 13.3. The van der Waals surface area contributed by atoms with Gasteiger partial charge in [0.25, 0.3) is 11.1 Å². The number of carbonyl (C=O) groups is 3. The molecule has 0 atom stereocenters. The molecule has 0 spiro atoms. The molecule has 0 saturated carbocycles. The number of halogens is 1. The Morgan fingerprint density at radius 2 is 1.94 bits per heavy atom. The molecule has 0 aliphatic carbocycles. The molecule has 3 heterocycles. The normalized spacial score (nSPS) is 14.6. The molecule has 0 bridgehead atoms. The van der Waals surface area contributed by atoms with Crippen molar-refractivity contribution in [2.24, 2.45) is 0 Å². The molecule has 172 valence electrons. The van der Waals surface area contributed by atoms with Gasteiger partial charge in [-0.2, -0.15) is 5.26 Å². The van der Waals surface area contributed by atoms with Gasteiger partial charge in [0.15, 0.2) is 0 Å². The minimum absolute atomic E-state index is 0.254. The van der Waals surface area contributed by atoms with Crippen LogP contribution in [-0.4, -0.2) is 33.1 Å². The Morgan fingerprint density at radius 1 is 1.21 bits per heavy atom. The fourth-order valence-electron chi connectivity index (χ4n) is 3.55. The van der Waals surface area contributed by atoms with Crippen molar-refractivity contribution in [1.82, 2.24) is 9.47 Å². The number of hydrogen-bond acceptors (Lipinski definition) is 6. The number of nitrogens with one attached hydrogen (secondary N) is 1. The zero-order valence-electron chi connectivity index (χ0n) is 18.3. The van der Waals surface area contributed by atoms with Gasteiger partial charge in [-0.25, -0.2) is 4.39 Å². The number of anilines is 1. The topological polar surface area (TPSA) is 95.2 Å². The molecule has 1 N–H and O–H groups in total. The van der Waals surface area contributed by atoms with E-state index in [0.717, 1.165) is 32.8 Å². The fourth-order valence-corrected chi connectivity index (χ4v) is 5.12. The predicted octanol–water partition coefficient (Wildman–Crippen LogP) is 4.90. The Bertz CT molecular complexity index is 1350. The van der Waals surface area contributed by atoms with E-state index < -0.39 is 23.6 Å². The van der Waals surface area contributed by atoms with Gasteiger partial charge in [0, 0.05) is 17.1 Å². The number of benzene rings is 1. The minimum atomic E-state index is -0.603. The predicted molar refractivity (Wildman–Crippen MR) is 130 cm³/mol. The van der Waals surface area contributed by atoms with Crippen LogP contribution < -0.4 is 5.32 Å². The highest BCUT2D eigenvalue weighted by molar-refractivity contribution is 8.18. The second kappa shape index (κ2) is 9.67. The summed E-state index contributed by atoms with van der Waals surface area (Å²) < 4.78 is 15.1. The average molecular weight is 495 g/mol.